The molecule has 0 unspecified atom stereocenters. The van der Waals surface area contributed by atoms with E-state index >= 15 is 0 Å². The van der Waals surface area contributed by atoms with Gasteiger partial charge >= 0.3 is 23.1 Å². The number of hydrogen-bond donors (Lipinski definition) is 0. The van der Waals surface area contributed by atoms with Gasteiger partial charge in [0.1, 0.15) is 18.7 Å². The van der Waals surface area contributed by atoms with E-state index in [1.807, 2.05) is 12.1 Å². The minimum Gasteiger partial charge on any atom is -1.00 e. The Hall–Kier alpha value is 0.256. The average molecular weight is 313 g/mol. The van der Waals surface area contributed by atoms with E-state index in [9.17, 15) is 0 Å². The van der Waals surface area contributed by atoms with Gasteiger partial charge in [-0.25, -0.2) is 0 Å². The number of furan rings is 1. The van der Waals surface area contributed by atoms with Crippen LogP contribution in [0.2, 0.25) is 0 Å². The van der Waals surface area contributed by atoms with E-state index in [1.165, 1.54) is 25.7 Å². The Morgan fingerprint density at radius 3 is 2.50 bits per heavy atom. The summed E-state index contributed by atoms with van der Waals surface area (Å²) in [6.45, 7) is 4.17. The minimum absolute atomic E-state index is 0. The maximum atomic E-state index is 5.64. The monoisotopic (exact) mass is 312 g/mol. The van der Waals surface area contributed by atoms with Crippen LogP contribution in [0.3, 0.4) is 0 Å². The summed E-state index contributed by atoms with van der Waals surface area (Å²) >= 11 is 0. The molecule has 112 valence electrons. The fourth-order valence-corrected chi connectivity index (χ4v) is 1.97. The number of unbranched alkanes of at least 4 members (excludes halogenated alkanes) is 5. The Kier molecular flexibility index (Phi) is 17.6. The van der Waals surface area contributed by atoms with Crippen LogP contribution in [0, 0.1) is 6.92 Å². The fourth-order valence-electron chi connectivity index (χ4n) is 1.97. The van der Waals surface area contributed by atoms with Crippen LogP contribution in [0.4, 0.5) is 0 Å². The molecule has 0 bridgehead atoms. The van der Waals surface area contributed by atoms with Gasteiger partial charge in [0.15, 0.2) is 0 Å². The summed E-state index contributed by atoms with van der Waals surface area (Å²) in [4.78, 5) is 0. The van der Waals surface area contributed by atoms with Crippen molar-refractivity contribution in [3.05, 3.63) is 31.1 Å². The van der Waals surface area contributed by atoms with Gasteiger partial charge in [0, 0.05) is 7.11 Å². The van der Waals surface area contributed by atoms with Crippen LogP contribution < -0.4 is 12.4 Å². The Bertz CT molecular complexity index is 281. The van der Waals surface area contributed by atoms with Gasteiger partial charge < -0.3 is 33.2 Å². The standard InChI is InChI=1S/C15H25O3.ClH.Mg/c1-3-4-5-6-7-8-10-15(18-13-16-2)14-11-9-12-17-14;;/h9,11-12,15H,1,3-8,10,13H2,2H3;1H;/q-1;;+2/p-1/t15-;;/m0../s1. The number of ether oxygens (including phenoxy) is 2. The van der Waals surface area contributed by atoms with E-state index in [1.54, 1.807) is 13.4 Å². The van der Waals surface area contributed by atoms with Crippen molar-refractivity contribution < 1.29 is 26.3 Å². The SMILES string of the molecule is [CH2-]CCCCCCC[C@H](OCOC)c1ccco1.[Cl-].[Mg+2]. The number of halogens is 1. The van der Waals surface area contributed by atoms with Gasteiger partial charge in [0.05, 0.1) is 6.26 Å². The van der Waals surface area contributed by atoms with Gasteiger partial charge in [0.2, 0.25) is 0 Å². The molecule has 1 rings (SSSR count). The summed E-state index contributed by atoms with van der Waals surface area (Å²) in [6, 6.07) is 3.86. The van der Waals surface area contributed by atoms with Gasteiger partial charge in [-0.3, -0.25) is 0 Å². The zero-order chi connectivity index (χ0) is 13.1. The molecule has 20 heavy (non-hydrogen) atoms. The van der Waals surface area contributed by atoms with Gasteiger partial charge in [-0.15, -0.1) is 0 Å². The Labute approximate surface area is 145 Å². The van der Waals surface area contributed by atoms with Crippen molar-refractivity contribution in [2.75, 3.05) is 13.9 Å². The Balaban J connectivity index is 0. The van der Waals surface area contributed by atoms with Gasteiger partial charge in [-0.1, -0.05) is 32.1 Å². The normalized spacial score (nSPS) is 11.5. The van der Waals surface area contributed by atoms with Crippen LogP contribution in [0.1, 0.15) is 56.8 Å². The minimum atomic E-state index is 0. The fraction of sp³-hybridized carbons (Fsp3) is 0.667. The first-order valence-electron chi connectivity index (χ1n) is 6.81. The first-order chi connectivity index (χ1) is 8.88. The summed E-state index contributed by atoms with van der Waals surface area (Å²) in [6.07, 6.45) is 9.95. The predicted octanol–water partition coefficient (Wildman–Crippen LogP) is 1.13. The molecule has 0 amide bonds. The molecule has 0 radical (unpaired) electrons. The zero-order valence-corrected chi connectivity index (χ0v) is 14.7. The van der Waals surface area contributed by atoms with Crippen LogP contribution >= 0.6 is 0 Å². The van der Waals surface area contributed by atoms with Gasteiger partial charge in [0.25, 0.3) is 0 Å². The topological polar surface area (TPSA) is 31.6 Å². The van der Waals surface area contributed by atoms with Gasteiger partial charge in [-0.05, 0) is 18.6 Å². The molecular weight excluding hydrogens is 288 g/mol. The molecule has 0 N–H and O–H groups in total. The summed E-state index contributed by atoms with van der Waals surface area (Å²) in [5, 5.41) is 0. The molecule has 1 heterocycles. The molecule has 0 aromatic carbocycles. The van der Waals surface area contributed by atoms with Gasteiger partial charge in [-0.2, -0.15) is 6.42 Å². The molecule has 1 aromatic heterocycles. The largest absolute Gasteiger partial charge is 2.00 e. The van der Waals surface area contributed by atoms with Crippen molar-refractivity contribution in [1.29, 1.82) is 0 Å². The predicted molar refractivity (Wildman–Crippen MR) is 77.8 cm³/mol. The molecular formula is C15H25ClMgO3. The number of hydrogen-bond acceptors (Lipinski definition) is 3. The van der Waals surface area contributed by atoms with Crippen molar-refractivity contribution in [2.45, 2.75) is 51.0 Å². The second kappa shape index (κ2) is 15.6. The molecule has 3 nitrogen and oxygen atoms in total. The zero-order valence-electron chi connectivity index (χ0n) is 12.5. The number of methoxy groups -OCH3 is 1. The van der Waals surface area contributed by atoms with Crippen molar-refractivity contribution >= 4 is 23.1 Å². The van der Waals surface area contributed by atoms with Crippen molar-refractivity contribution in [2.24, 2.45) is 0 Å². The van der Waals surface area contributed by atoms with Crippen LogP contribution in [0.5, 0.6) is 0 Å². The van der Waals surface area contributed by atoms with E-state index in [0.29, 0.717) is 6.79 Å². The third-order valence-corrected chi connectivity index (χ3v) is 2.96. The van der Waals surface area contributed by atoms with Crippen LogP contribution in [0.25, 0.3) is 0 Å². The Morgan fingerprint density at radius 1 is 1.20 bits per heavy atom. The summed E-state index contributed by atoms with van der Waals surface area (Å²) in [5.74, 6) is 0.893. The van der Waals surface area contributed by atoms with E-state index in [0.717, 1.165) is 25.0 Å². The van der Waals surface area contributed by atoms with Crippen molar-refractivity contribution in [1.82, 2.24) is 0 Å². The molecule has 0 saturated heterocycles. The Morgan fingerprint density at radius 2 is 1.90 bits per heavy atom. The first kappa shape index (κ1) is 22.5. The summed E-state index contributed by atoms with van der Waals surface area (Å²) in [5.41, 5.74) is 0. The molecule has 0 spiro atoms. The van der Waals surface area contributed by atoms with E-state index in [4.69, 9.17) is 13.9 Å². The maximum absolute atomic E-state index is 5.64. The molecule has 0 saturated carbocycles. The molecule has 0 fully saturated rings. The molecule has 5 heteroatoms. The van der Waals surface area contributed by atoms with E-state index in [2.05, 4.69) is 6.92 Å². The molecule has 1 atom stereocenters. The second-order valence-electron chi connectivity index (χ2n) is 4.49. The second-order valence-corrected chi connectivity index (χ2v) is 4.49. The average Bonchev–Trinajstić information content (AvgIpc) is 2.91. The summed E-state index contributed by atoms with van der Waals surface area (Å²) in [7, 11) is 1.64. The third-order valence-electron chi connectivity index (χ3n) is 2.96. The van der Waals surface area contributed by atoms with Crippen molar-refractivity contribution in [3.8, 4) is 0 Å². The number of rotatable bonds is 11. The van der Waals surface area contributed by atoms with E-state index < -0.39 is 0 Å². The smallest absolute Gasteiger partial charge is 1.00 e. The van der Waals surface area contributed by atoms with E-state index in [-0.39, 0.29) is 41.6 Å². The van der Waals surface area contributed by atoms with Crippen LogP contribution in [-0.4, -0.2) is 37.0 Å². The molecule has 0 aliphatic carbocycles. The van der Waals surface area contributed by atoms with Crippen LogP contribution in [0.15, 0.2) is 22.8 Å². The molecule has 0 aliphatic rings. The summed E-state index contributed by atoms with van der Waals surface area (Å²) < 4.78 is 16.0. The maximum Gasteiger partial charge on any atom is 2.00 e. The first-order valence-corrected chi connectivity index (χ1v) is 6.81. The molecule has 0 aliphatic heterocycles. The molecule has 1 aromatic rings. The quantitative estimate of drug-likeness (QED) is 0.266. The van der Waals surface area contributed by atoms with Crippen LogP contribution in [-0.2, 0) is 9.47 Å². The third kappa shape index (κ3) is 10.1. The van der Waals surface area contributed by atoms with Crippen molar-refractivity contribution in [3.63, 3.8) is 0 Å².